The second-order valence-corrected chi connectivity index (χ2v) is 6.11. The van der Waals surface area contributed by atoms with Crippen molar-refractivity contribution in [3.63, 3.8) is 0 Å². The molecule has 0 spiro atoms. The SMILES string of the molecule is CN(C)CC(=O)c1cc2c(s1)SCC(=O)N2. The minimum atomic E-state index is 0.00177. The van der Waals surface area contributed by atoms with E-state index in [1.54, 1.807) is 6.07 Å². The highest BCUT2D eigenvalue weighted by molar-refractivity contribution is 8.02. The van der Waals surface area contributed by atoms with E-state index in [1.165, 1.54) is 23.1 Å². The average Bonchev–Trinajstić information content (AvgIpc) is 2.59. The van der Waals surface area contributed by atoms with E-state index in [2.05, 4.69) is 5.32 Å². The van der Waals surface area contributed by atoms with Crippen LogP contribution in [-0.4, -0.2) is 43.0 Å². The van der Waals surface area contributed by atoms with Crippen LogP contribution in [0.4, 0.5) is 5.69 Å². The van der Waals surface area contributed by atoms with Gasteiger partial charge in [-0.25, -0.2) is 0 Å². The maximum absolute atomic E-state index is 11.8. The Labute approximate surface area is 102 Å². The maximum atomic E-state index is 11.8. The summed E-state index contributed by atoms with van der Waals surface area (Å²) in [5.41, 5.74) is 0.786. The Kier molecular flexibility index (Phi) is 3.32. The van der Waals surface area contributed by atoms with Gasteiger partial charge in [-0.1, -0.05) is 0 Å². The Morgan fingerprint density at radius 1 is 1.56 bits per heavy atom. The molecule has 4 nitrogen and oxygen atoms in total. The first-order valence-electron chi connectivity index (χ1n) is 4.80. The average molecular weight is 256 g/mol. The number of rotatable bonds is 3. The topological polar surface area (TPSA) is 49.4 Å². The Morgan fingerprint density at radius 3 is 3.00 bits per heavy atom. The summed E-state index contributed by atoms with van der Waals surface area (Å²) in [4.78, 5) is 25.5. The number of carbonyl (C=O) groups is 2. The van der Waals surface area contributed by atoms with Crippen LogP contribution < -0.4 is 5.32 Å². The number of thiophene rings is 1. The highest BCUT2D eigenvalue weighted by atomic mass is 32.2. The van der Waals surface area contributed by atoms with E-state index in [4.69, 9.17) is 0 Å². The predicted octanol–water partition coefficient (Wildman–Crippen LogP) is 1.54. The zero-order valence-corrected chi connectivity index (χ0v) is 10.7. The molecule has 0 saturated carbocycles. The molecule has 1 amide bonds. The van der Waals surface area contributed by atoms with Crippen LogP contribution in [0, 0.1) is 0 Å². The summed E-state index contributed by atoms with van der Waals surface area (Å²) >= 11 is 2.95. The van der Waals surface area contributed by atoms with Crippen molar-refractivity contribution in [2.45, 2.75) is 4.21 Å². The molecule has 0 atom stereocenters. The molecule has 1 aromatic rings. The third-order valence-corrected chi connectivity index (χ3v) is 4.50. The standard InChI is InChI=1S/C10H12N2O2S2/c1-12(2)4-7(13)8-3-6-10(16-8)15-5-9(14)11-6/h3H,4-5H2,1-2H3,(H,11,14). The van der Waals surface area contributed by atoms with Crippen LogP contribution in [0.15, 0.2) is 10.3 Å². The molecule has 0 fully saturated rings. The predicted molar refractivity (Wildman–Crippen MR) is 66.6 cm³/mol. The second kappa shape index (κ2) is 4.57. The quantitative estimate of drug-likeness (QED) is 0.833. The van der Waals surface area contributed by atoms with Gasteiger partial charge in [0.15, 0.2) is 5.78 Å². The van der Waals surface area contributed by atoms with Crippen molar-refractivity contribution in [2.24, 2.45) is 0 Å². The van der Waals surface area contributed by atoms with Gasteiger partial charge in [0.25, 0.3) is 0 Å². The third kappa shape index (κ3) is 2.45. The summed E-state index contributed by atoms with van der Waals surface area (Å²) in [5.74, 6) is 0.538. The summed E-state index contributed by atoms with van der Waals surface area (Å²) in [5, 5.41) is 2.77. The molecular formula is C10H12N2O2S2. The Balaban J connectivity index is 2.18. The fourth-order valence-electron chi connectivity index (χ4n) is 1.39. The first kappa shape index (κ1) is 11.6. The van der Waals surface area contributed by atoms with Crippen LogP contribution in [-0.2, 0) is 4.79 Å². The Hall–Kier alpha value is -0.850. The van der Waals surface area contributed by atoms with Crippen LogP contribution in [0.25, 0.3) is 0 Å². The van der Waals surface area contributed by atoms with E-state index in [0.717, 1.165) is 9.90 Å². The maximum Gasteiger partial charge on any atom is 0.234 e. The van der Waals surface area contributed by atoms with Gasteiger partial charge in [0, 0.05) is 0 Å². The van der Waals surface area contributed by atoms with Crippen LogP contribution >= 0.6 is 23.1 Å². The molecular weight excluding hydrogens is 244 g/mol. The lowest BCUT2D eigenvalue weighted by Gasteiger charge is -2.10. The largest absolute Gasteiger partial charge is 0.324 e. The van der Waals surface area contributed by atoms with Gasteiger partial charge in [-0.3, -0.25) is 9.59 Å². The van der Waals surface area contributed by atoms with Crippen LogP contribution in [0.2, 0.25) is 0 Å². The lowest BCUT2D eigenvalue weighted by molar-refractivity contribution is -0.113. The molecule has 2 rings (SSSR count). The zero-order chi connectivity index (χ0) is 11.7. The number of Topliss-reactive ketones (excluding diaryl/α,β-unsaturated/α-hetero) is 1. The summed E-state index contributed by atoms with van der Waals surface area (Å²) in [7, 11) is 3.73. The molecule has 1 aliphatic rings. The summed E-state index contributed by atoms with van der Waals surface area (Å²) in [6, 6.07) is 1.77. The second-order valence-electron chi connectivity index (χ2n) is 3.81. The van der Waals surface area contributed by atoms with Crippen molar-refractivity contribution in [3.05, 3.63) is 10.9 Å². The molecule has 0 bridgehead atoms. The van der Waals surface area contributed by atoms with Gasteiger partial charge in [0.2, 0.25) is 5.91 Å². The van der Waals surface area contributed by atoms with E-state index in [9.17, 15) is 9.59 Å². The highest BCUT2D eigenvalue weighted by Gasteiger charge is 2.21. The first-order valence-corrected chi connectivity index (χ1v) is 6.61. The molecule has 0 unspecified atom stereocenters. The number of nitrogens with zero attached hydrogens (tertiary/aromatic N) is 1. The van der Waals surface area contributed by atoms with Crippen LogP contribution in [0.1, 0.15) is 9.67 Å². The van der Waals surface area contributed by atoms with Crippen LogP contribution in [0.5, 0.6) is 0 Å². The van der Waals surface area contributed by atoms with E-state index in [-0.39, 0.29) is 11.7 Å². The minimum absolute atomic E-state index is 0.00177. The molecule has 1 aliphatic heterocycles. The first-order chi connectivity index (χ1) is 7.56. The number of fused-ring (bicyclic) bond motifs is 1. The number of ketones is 1. The number of hydrogen-bond donors (Lipinski definition) is 1. The number of hydrogen-bond acceptors (Lipinski definition) is 5. The number of thioether (sulfide) groups is 1. The van der Waals surface area contributed by atoms with Gasteiger partial charge in [-0.05, 0) is 20.2 Å². The number of nitrogens with one attached hydrogen (secondary N) is 1. The molecule has 0 aromatic carbocycles. The highest BCUT2D eigenvalue weighted by Crippen LogP contribution is 2.39. The van der Waals surface area contributed by atoms with Gasteiger partial charge in [0.1, 0.15) is 0 Å². The van der Waals surface area contributed by atoms with E-state index in [0.29, 0.717) is 17.2 Å². The Morgan fingerprint density at radius 2 is 2.31 bits per heavy atom. The fourth-order valence-corrected chi connectivity index (χ4v) is 3.45. The van der Waals surface area contributed by atoms with Gasteiger partial charge < -0.3 is 10.2 Å². The van der Waals surface area contributed by atoms with Crippen molar-refractivity contribution < 1.29 is 9.59 Å². The summed E-state index contributed by atoms with van der Waals surface area (Å²) in [6.45, 7) is 0.401. The summed E-state index contributed by atoms with van der Waals surface area (Å²) < 4.78 is 1.03. The number of carbonyl (C=O) groups excluding carboxylic acids is 2. The lowest BCUT2D eigenvalue weighted by Crippen LogP contribution is -2.21. The van der Waals surface area contributed by atoms with Crippen molar-refractivity contribution >= 4 is 40.5 Å². The molecule has 2 heterocycles. The Bertz CT molecular complexity index is 440. The van der Waals surface area contributed by atoms with Gasteiger partial charge in [0.05, 0.1) is 27.1 Å². The fraction of sp³-hybridized carbons (Fsp3) is 0.400. The van der Waals surface area contributed by atoms with E-state index < -0.39 is 0 Å². The summed E-state index contributed by atoms with van der Waals surface area (Å²) in [6.07, 6.45) is 0. The minimum Gasteiger partial charge on any atom is -0.324 e. The molecule has 1 N–H and O–H groups in total. The normalized spacial score (nSPS) is 14.8. The lowest BCUT2D eigenvalue weighted by atomic mass is 10.3. The van der Waals surface area contributed by atoms with E-state index in [1.807, 2.05) is 19.0 Å². The van der Waals surface area contributed by atoms with Gasteiger partial charge in [-0.15, -0.1) is 23.1 Å². The van der Waals surface area contributed by atoms with E-state index >= 15 is 0 Å². The van der Waals surface area contributed by atoms with Crippen molar-refractivity contribution in [2.75, 3.05) is 31.7 Å². The molecule has 86 valence electrons. The molecule has 16 heavy (non-hydrogen) atoms. The molecule has 0 aliphatic carbocycles. The number of anilines is 1. The van der Waals surface area contributed by atoms with Crippen molar-refractivity contribution in [1.82, 2.24) is 4.90 Å². The van der Waals surface area contributed by atoms with Gasteiger partial charge >= 0.3 is 0 Å². The molecule has 6 heteroatoms. The third-order valence-electron chi connectivity index (χ3n) is 2.04. The molecule has 0 radical (unpaired) electrons. The van der Waals surface area contributed by atoms with Gasteiger partial charge in [-0.2, -0.15) is 0 Å². The number of amides is 1. The molecule has 1 aromatic heterocycles. The molecule has 0 saturated heterocycles. The number of likely N-dealkylation sites (N-methyl/N-ethyl adjacent to an activating group) is 1. The van der Waals surface area contributed by atoms with Crippen LogP contribution in [0.3, 0.4) is 0 Å². The van der Waals surface area contributed by atoms with Crippen molar-refractivity contribution in [3.8, 4) is 0 Å². The smallest absolute Gasteiger partial charge is 0.234 e. The zero-order valence-electron chi connectivity index (χ0n) is 9.07. The van der Waals surface area contributed by atoms with Crippen molar-refractivity contribution in [1.29, 1.82) is 0 Å². The monoisotopic (exact) mass is 256 g/mol.